The molecule has 0 aliphatic carbocycles. The molecule has 2 fully saturated rings. The molecule has 5 aromatic carbocycles. The number of amides is 2. The Kier molecular flexibility index (Phi) is 15.1. The number of ether oxygens (including phenoxy) is 1. The first-order valence-electron chi connectivity index (χ1n) is 21.7. The fraction of sp³-hybridized carbons (Fsp3) is 0.235. The van der Waals surface area contributed by atoms with Crippen LogP contribution in [0.2, 0.25) is 0 Å². The lowest BCUT2D eigenvalue weighted by molar-refractivity contribution is -0.154. The number of carbonyl (C=O) groups excluding carboxylic acids is 3. The van der Waals surface area contributed by atoms with Crippen LogP contribution in [0, 0.1) is 0 Å². The van der Waals surface area contributed by atoms with E-state index in [4.69, 9.17) is 9.72 Å². The average molecular weight is 1050 g/mol. The lowest BCUT2D eigenvalue weighted by Gasteiger charge is -2.50. The lowest BCUT2D eigenvalue weighted by atomic mass is 9.77. The molecule has 3 aliphatic heterocycles. The van der Waals surface area contributed by atoms with Crippen molar-refractivity contribution in [1.29, 1.82) is 0 Å². The number of nitrogens with one attached hydrogen (secondary N) is 2. The van der Waals surface area contributed by atoms with Crippen molar-refractivity contribution < 1.29 is 32.7 Å². The first-order chi connectivity index (χ1) is 32.2. The van der Waals surface area contributed by atoms with Gasteiger partial charge < -0.3 is 20.2 Å². The zero-order valence-electron chi connectivity index (χ0n) is 36.2. The van der Waals surface area contributed by atoms with E-state index in [-0.39, 0.29) is 41.4 Å². The molecule has 1 aromatic heterocycles. The summed E-state index contributed by atoms with van der Waals surface area (Å²) in [5, 5.41) is 11.1. The van der Waals surface area contributed by atoms with Gasteiger partial charge in [-0.25, -0.2) is 9.78 Å². The minimum Gasteiger partial charge on any atom is -0.448 e. The molecule has 16 heteroatoms. The normalized spacial score (nSPS) is 17.9. The zero-order chi connectivity index (χ0) is 45.6. The van der Waals surface area contributed by atoms with E-state index in [0.29, 0.717) is 10.9 Å². The Bertz CT molecular complexity index is 2580. The molecule has 2 unspecified atom stereocenters. The van der Waals surface area contributed by atoms with E-state index >= 15 is 0 Å². The third-order valence-electron chi connectivity index (χ3n) is 12.2. The molecule has 0 spiro atoms. The van der Waals surface area contributed by atoms with Gasteiger partial charge in [-0.3, -0.25) is 19.4 Å². The molecule has 2 saturated heterocycles. The molecule has 0 radical (unpaired) electrons. The van der Waals surface area contributed by atoms with Gasteiger partial charge in [-0.15, -0.1) is 47.1 Å². The van der Waals surface area contributed by atoms with Crippen LogP contribution in [0.25, 0.3) is 0 Å². The largest absolute Gasteiger partial charge is 0.448 e. The highest BCUT2D eigenvalue weighted by Gasteiger charge is 2.55. The molecule has 67 heavy (non-hydrogen) atoms. The van der Waals surface area contributed by atoms with E-state index in [0.717, 1.165) is 70.7 Å². The number of alkyl halides is 2. The van der Waals surface area contributed by atoms with Crippen molar-refractivity contribution in [2.45, 2.75) is 55.5 Å². The third-order valence-corrected chi connectivity index (χ3v) is 14.3. The van der Waals surface area contributed by atoms with Crippen LogP contribution >= 0.6 is 47.1 Å². The first-order valence-corrected chi connectivity index (χ1v) is 23.6. The third kappa shape index (κ3) is 9.89. The van der Waals surface area contributed by atoms with E-state index < -0.39 is 53.2 Å². The number of rotatable bonds is 16. The number of benzene rings is 5. The standard InChI is InChI=1S/C51H46F2N6O5S2.HI/c1-33(58-29-17-18-30-58)39-31-65-47-42(46(61)59(47)43(39)48(62)63-44(34-19-7-2-8-20-34)35-21-9-3-10-22-35)55-45(60)41(57-64-49(52)53)40-32-66-50(54-40)56-51(36-23-11-4-12-24-36,37-25-13-5-14-26-37)38-27-15-6-16-28-38;/h2-16,19-28,32-33,42,44,47,49H,17-18,29-31H2,1H3,(H,54,56)(H,55,60);1H/t33?,42?,47-;/m1./s1. The van der Waals surface area contributed by atoms with E-state index in [2.05, 4.69) is 25.5 Å². The number of anilines is 1. The minimum atomic E-state index is -3.34. The average Bonchev–Trinajstić information content (AvgIpc) is 4.08. The van der Waals surface area contributed by atoms with Crippen molar-refractivity contribution in [3.63, 3.8) is 0 Å². The van der Waals surface area contributed by atoms with Gasteiger partial charge in [0, 0.05) is 17.2 Å². The van der Waals surface area contributed by atoms with Crippen LogP contribution in [-0.2, 0) is 29.5 Å². The molecule has 9 rings (SSSR count). The van der Waals surface area contributed by atoms with Crippen LogP contribution in [0.5, 0.6) is 0 Å². The Morgan fingerprint density at radius 3 is 1.81 bits per heavy atom. The highest BCUT2D eigenvalue weighted by molar-refractivity contribution is 14.0. The van der Waals surface area contributed by atoms with Crippen LogP contribution in [-0.4, -0.2) is 81.2 Å². The summed E-state index contributed by atoms with van der Waals surface area (Å²) in [6.45, 7) is 0.404. The van der Waals surface area contributed by atoms with Crippen molar-refractivity contribution in [3.05, 3.63) is 202 Å². The molecule has 344 valence electrons. The summed E-state index contributed by atoms with van der Waals surface area (Å²) in [5.41, 5.74) is 3.55. The number of thioether (sulfide) groups is 1. The molecule has 0 bridgehead atoms. The van der Waals surface area contributed by atoms with Gasteiger partial charge in [-0.1, -0.05) is 157 Å². The Balaban J connectivity index is 0.00000608. The Morgan fingerprint density at radius 2 is 1.30 bits per heavy atom. The molecule has 3 aliphatic rings. The first kappa shape index (κ1) is 47.5. The van der Waals surface area contributed by atoms with Crippen molar-refractivity contribution in [2.24, 2.45) is 5.16 Å². The van der Waals surface area contributed by atoms with Crippen LogP contribution < -0.4 is 10.6 Å². The number of hydrogen-bond donors (Lipinski definition) is 2. The molecule has 2 amide bonds. The number of nitrogens with zero attached hydrogens (tertiary/aromatic N) is 4. The second-order valence-electron chi connectivity index (χ2n) is 16.1. The number of likely N-dealkylation sites (tertiary alicyclic amines) is 1. The monoisotopic (exact) mass is 1050 g/mol. The minimum absolute atomic E-state index is 0. The van der Waals surface area contributed by atoms with Crippen LogP contribution in [0.15, 0.2) is 173 Å². The van der Waals surface area contributed by atoms with Crippen molar-refractivity contribution >= 4 is 75.7 Å². The molecule has 2 N–H and O–H groups in total. The molecule has 11 nitrogen and oxygen atoms in total. The Hall–Kier alpha value is -5.95. The van der Waals surface area contributed by atoms with E-state index in [1.807, 2.05) is 159 Å². The summed E-state index contributed by atoms with van der Waals surface area (Å²) < 4.78 is 33.6. The number of aromatic nitrogens is 1. The second kappa shape index (κ2) is 21.3. The molecule has 6 aromatic rings. The van der Waals surface area contributed by atoms with Gasteiger partial charge in [-0.2, -0.15) is 8.78 Å². The second-order valence-corrected chi connectivity index (χ2v) is 18.0. The topological polar surface area (TPSA) is 125 Å². The van der Waals surface area contributed by atoms with Crippen LogP contribution in [0.1, 0.15) is 59.4 Å². The van der Waals surface area contributed by atoms with Gasteiger partial charge in [0.05, 0.1) is 0 Å². The van der Waals surface area contributed by atoms with E-state index in [1.54, 1.807) is 0 Å². The number of oxime groups is 1. The molecular formula is C51H47F2IN6O5S2. The summed E-state index contributed by atoms with van der Waals surface area (Å²) in [6.07, 6.45) is 1.29. The smallest absolute Gasteiger partial charge is 0.407 e. The maximum atomic E-state index is 14.7. The summed E-state index contributed by atoms with van der Waals surface area (Å²) in [4.78, 5) is 56.1. The van der Waals surface area contributed by atoms with Gasteiger partial charge >= 0.3 is 12.6 Å². The van der Waals surface area contributed by atoms with Crippen molar-refractivity contribution in [2.75, 3.05) is 24.2 Å². The van der Waals surface area contributed by atoms with Crippen LogP contribution in [0.3, 0.4) is 0 Å². The van der Waals surface area contributed by atoms with Gasteiger partial charge in [-0.05, 0) is 66.2 Å². The highest BCUT2D eigenvalue weighted by atomic mass is 127. The highest BCUT2D eigenvalue weighted by Crippen LogP contribution is 2.44. The fourth-order valence-electron chi connectivity index (χ4n) is 8.94. The Labute approximate surface area is 412 Å². The van der Waals surface area contributed by atoms with Gasteiger partial charge in [0.2, 0.25) is 0 Å². The van der Waals surface area contributed by atoms with Gasteiger partial charge in [0.25, 0.3) is 11.8 Å². The number of carbonyl (C=O) groups is 3. The maximum absolute atomic E-state index is 14.7. The number of halogens is 3. The zero-order valence-corrected chi connectivity index (χ0v) is 40.2. The lowest BCUT2D eigenvalue weighted by Crippen LogP contribution is -2.71. The number of fused-ring (bicyclic) bond motifs is 1. The van der Waals surface area contributed by atoms with Gasteiger partial charge in [0.15, 0.2) is 16.9 Å². The van der Waals surface area contributed by atoms with E-state index in [9.17, 15) is 23.2 Å². The summed E-state index contributed by atoms with van der Waals surface area (Å²) in [6, 6.07) is 47.0. The maximum Gasteiger partial charge on any atom is 0.407 e. The summed E-state index contributed by atoms with van der Waals surface area (Å²) in [7, 11) is 0. The molecule has 0 saturated carbocycles. The summed E-state index contributed by atoms with van der Waals surface area (Å²) >= 11 is 2.56. The van der Waals surface area contributed by atoms with Crippen molar-refractivity contribution in [1.82, 2.24) is 20.1 Å². The Morgan fingerprint density at radius 1 is 0.791 bits per heavy atom. The predicted octanol–water partition coefficient (Wildman–Crippen LogP) is 9.58. The fourth-order valence-corrected chi connectivity index (χ4v) is 11.1. The van der Waals surface area contributed by atoms with E-state index in [1.165, 1.54) is 22.0 Å². The van der Waals surface area contributed by atoms with Crippen molar-refractivity contribution in [3.8, 4) is 0 Å². The molecule has 3 atom stereocenters. The number of β-lactam (4-membered cyclic amide) rings is 1. The molecule has 4 heterocycles. The number of thiazole rings is 1. The number of esters is 1. The predicted molar refractivity (Wildman–Crippen MR) is 267 cm³/mol. The molecular weight excluding hydrogens is 1010 g/mol. The quantitative estimate of drug-likeness (QED) is 0.0244. The summed E-state index contributed by atoms with van der Waals surface area (Å²) in [5.74, 6) is -1.79. The van der Waals surface area contributed by atoms with Gasteiger partial charge in [0.1, 0.15) is 28.3 Å². The SMILES string of the molecule is CC(C1=C(C(=O)OC(c2ccccc2)c2ccccc2)N2C(=O)C(NC(=O)C(=NOC(F)F)c3csc(NC(c4ccccc4)(c4ccccc4)c4ccccc4)n3)[C@H]2SC1)N1CCCC1.I. The number of hydrogen-bond acceptors (Lipinski definition) is 11. The van der Waals surface area contributed by atoms with Crippen LogP contribution in [0.4, 0.5) is 13.9 Å².